The molecule has 2 nitrogen and oxygen atoms in total. The fourth-order valence-electron chi connectivity index (χ4n) is 3.23. The van der Waals surface area contributed by atoms with Crippen molar-refractivity contribution in [1.29, 1.82) is 0 Å². The first kappa shape index (κ1) is 16.4. The standard InChI is InChI=1S/C19H31NO/c1-2-9-18-12-15-20(16-13-18)14-7-4-8-17-21-19-10-5-3-6-11-19/h3,5-6,10-11,18H,2,4,7-9,12-17H2,1H3/p+1. The molecule has 0 bridgehead atoms. The van der Waals surface area contributed by atoms with Crippen molar-refractivity contribution in [2.45, 2.75) is 51.9 Å². The molecule has 0 atom stereocenters. The maximum Gasteiger partial charge on any atom is 1.00 e. The second-order valence-corrected chi connectivity index (χ2v) is 6.30. The average molecular weight is 290 g/mol. The van der Waals surface area contributed by atoms with Gasteiger partial charge in [0.1, 0.15) is 5.75 Å². The highest BCUT2D eigenvalue weighted by Crippen LogP contribution is 2.21. The number of likely N-dealkylation sites (tertiary alicyclic amines) is 1. The van der Waals surface area contributed by atoms with Gasteiger partial charge in [-0.1, -0.05) is 38.0 Å². The second kappa shape index (κ2) is 9.83. The van der Waals surface area contributed by atoms with Crippen LogP contribution in [0.1, 0.15) is 53.3 Å². The molecular weight excluding hydrogens is 258 g/mol. The Hall–Kier alpha value is -1.02. The molecule has 0 spiro atoms. The molecule has 1 saturated heterocycles. The van der Waals surface area contributed by atoms with Gasteiger partial charge >= 0.3 is 1.43 Å². The van der Waals surface area contributed by atoms with E-state index in [0.717, 1.165) is 18.3 Å². The first-order chi connectivity index (χ1) is 10.4. The molecule has 1 aliphatic heterocycles. The Morgan fingerprint density at radius 2 is 1.86 bits per heavy atom. The molecule has 2 heteroatoms. The topological polar surface area (TPSA) is 12.5 Å². The van der Waals surface area contributed by atoms with Gasteiger partial charge in [-0.25, -0.2) is 0 Å². The molecule has 0 amide bonds. The molecule has 118 valence electrons. The highest BCUT2D eigenvalue weighted by molar-refractivity contribution is 5.20. The number of piperidine rings is 1. The Morgan fingerprint density at radius 1 is 1.10 bits per heavy atom. The molecule has 1 aromatic rings. The van der Waals surface area contributed by atoms with Crippen LogP contribution in [-0.2, 0) is 0 Å². The molecule has 1 heterocycles. The van der Waals surface area contributed by atoms with Crippen molar-refractivity contribution in [3.63, 3.8) is 0 Å². The van der Waals surface area contributed by atoms with Crippen molar-refractivity contribution in [3.05, 3.63) is 30.3 Å². The fourth-order valence-corrected chi connectivity index (χ4v) is 3.23. The third-order valence-electron chi connectivity index (χ3n) is 4.53. The van der Waals surface area contributed by atoms with Crippen LogP contribution in [0.25, 0.3) is 0 Å². The number of benzene rings is 1. The van der Waals surface area contributed by atoms with Crippen molar-refractivity contribution >= 4 is 0 Å². The lowest BCUT2D eigenvalue weighted by molar-refractivity contribution is 0.174. The van der Waals surface area contributed by atoms with Gasteiger partial charge in [-0.15, -0.1) is 0 Å². The highest BCUT2D eigenvalue weighted by Gasteiger charge is 2.17. The number of para-hydroxylation sites is 1. The van der Waals surface area contributed by atoms with E-state index in [1.807, 2.05) is 30.3 Å². The van der Waals surface area contributed by atoms with E-state index in [2.05, 4.69) is 11.8 Å². The summed E-state index contributed by atoms with van der Waals surface area (Å²) in [7, 11) is 0. The van der Waals surface area contributed by atoms with Crippen LogP contribution < -0.4 is 4.74 Å². The highest BCUT2D eigenvalue weighted by atomic mass is 16.5. The molecule has 1 aromatic carbocycles. The fraction of sp³-hybridized carbons (Fsp3) is 0.684. The molecule has 1 fully saturated rings. The van der Waals surface area contributed by atoms with Gasteiger partial charge in [0.05, 0.1) is 6.61 Å². The molecule has 0 radical (unpaired) electrons. The first-order valence-electron chi connectivity index (χ1n) is 8.78. The van der Waals surface area contributed by atoms with Crippen LogP contribution in [0.3, 0.4) is 0 Å². The second-order valence-electron chi connectivity index (χ2n) is 6.30. The van der Waals surface area contributed by atoms with E-state index in [1.165, 1.54) is 64.6 Å². The number of rotatable bonds is 9. The average Bonchev–Trinajstić information content (AvgIpc) is 2.53. The van der Waals surface area contributed by atoms with Crippen LogP contribution >= 0.6 is 0 Å². The third kappa shape index (κ3) is 6.52. The molecule has 0 aromatic heterocycles. The van der Waals surface area contributed by atoms with Crippen LogP contribution in [0, 0.1) is 5.92 Å². The van der Waals surface area contributed by atoms with E-state index in [9.17, 15) is 0 Å². The van der Waals surface area contributed by atoms with Gasteiger partial charge in [0, 0.05) is 0 Å². The maximum atomic E-state index is 5.73. The van der Waals surface area contributed by atoms with Crippen LogP contribution in [0.4, 0.5) is 0 Å². The van der Waals surface area contributed by atoms with Gasteiger partial charge in [0.2, 0.25) is 0 Å². The maximum absolute atomic E-state index is 5.73. The van der Waals surface area contributed by atoms with E-state index >= 15 is 0 Å². The first-order valence-corrected chi connectivity index (χ1v) is 8.78. The number of nitrogens with zero attached hydrogens (tertiary/aromatic N) is 1. The van der Waals surface area contributed by atoms with Gasteiger partial charge in [0.25, 0.3) is 0 Å². The van der Waals surface area contributed by atoms with Crippen LogP contribution in [-0.4, -0.2) is 31.1 Å². The summed E-state index contributed by atoms with van der Waals surface area (Å²) < 4.78 is 5.73. The summed E-state index contributed by atoms with van der Waals surface area (Å²) in [5.41, 5.74) is 0. The summed E-state index contributed by atoms with van der Waals surface area (Å²) in [6, 6.07) is 10.1. The molecule has 0 N–H and O–H groups in total. The van der Waals surface area contributed by atoms with E-state index in [1.54, 1.807) is 0 Å². The zero-order valence-electron chi connectivity index (χ0n) is 14.6. The Bertz CT molecular complexity index is 363. The molecule has 21 heavy (non-hydrogen) atoms. The van der Waals surface area contributed by atoms with E-state index in [4.69, 9.17) is 4.74 Å². The Labute approximate surface area is 132 Å². The zero-order chi connectivity index (χ0) is 14.8. The van der Waals surface area contributed by atoms with E-state index in [-0.39, 0.29) is 1.43 Å². The lowest BCUT2D eigenvalue weighted by Gasteiger charge is -2.31. The van der Waals surface area contributed by atoms with Crippen molar-refractivity contribution in [3.8, 4) is 5.75 Å². The zero-order valence-corrected chi connectivity index (χ0v) is 13.6. The summed E-state index contributed by atoms with van der Waals surface area (Å²) in [6.45, 7) is 7.09. The molecule has 0 aliphatic carbocycles. The summed E-state index contributed by atoms with van der Waals surface area (Å²) in [5.74, 6) is 2.00. The van der Waals surface area contributed by atoms with Crippen molar-refractivity contribution in [2.75, 3.05) is 26.2 Å². The van der Waals surface area contributed by atoms with Gasteiger partial charge in [-0.05, 0) is 69.8 Å². The number of hydrogen-bond donors (Lipinski definition) is 0. The summed E-state index contributed by atoms with van der Waals surface area (Å²) >= 11 is 0. The predicted molar refractivity (Wildman–Crippen MR) is 91.0 cm³/mol. The molecule has 0 unspecified atom stereocenters. The quantitative estimate of drug-likeness (QED) is 0.602. The largest absolute Gasteiger partial charge is 1.00 e. The monoisotopic (exact) mass is 290 g/mol. The molecule has 2 rings (SSSR count). The smallest absolute Gasteiger partial charge is 0.494 e. The van der Waals surface area contributed by atoms with Gasteiger partial charge in [-0.2, -0.15) is 0 Å². The van der Waals surface area contributed by atoms with Gasteiger partial charge < -0.3 is 9.64 Å². The van der Waals surface area contributed by atoms with Gasteiger partial charge in [0.15, 0.2) is 0 Å². The third-order valence-corrected chi connectivity index (χ3v) is 4.53. The Balaban J connectivity index is 0.00000242. The number of unbranched alkanes of at least 4 members (excludes halogenated alkanes) is 2. The Morgan fingerprint density at radius 3 is 2.57 bits per heavy atom. The van der Waals surface area contributed by atoms with Crippen molar-refractivity contribution in [1.82, 2.24) is 4.90 Å². The van der Waals surface area contributed by atoms with Crippen molar-refractivity contribution < 1.29 is 6.16 Å². The van der Waals surface area contributed by atoms with Crippen LogP contribution in [0.2, 0.25) is 0 Å². The normalized spacial score (nSPS) is 17.0. The van der Waals surface area contributed by atoms with Gasteiger partial charge in [-0.3, -0.25) is 0 Å². The Kier molecular flexibility index (Phi) is 7.66. The SMILES string of the molecule is CCCC1CCN(CCCCCOc2ccccc2)CC1.[H+]. The van der Waals surface area contributed by atoms with Crippen molar-refractivity contribution in [2.24, 2.45) is 5.92 Å². The number of ether oxygens (including phenoxy) is 1. The minimum absolute atomic E-state index is 0. The van der Waals surface area contributed by atoms with E-state index in [0.29, 0.717) is 0 Å². The summed E-state index contributed by atoms with van der Waals surface area (Å²) in [4.78, 5) is 2.66. The van der Waals surface area contributed by atoms with E-state index < -0.39 is 0 Å². The minimum atomic E-state index is 0. The lowest BCUT2D eigenvalue weighted by Crippen LogP contribution is -2.34. The number of hydrogen-bond acceptors (Lipinski definition) is 2. The lowest BCUT2D eigenvalue weighted by atomic mass is 9.92. The molecular formula is C19H32NO+. The van der Waals surface area contributed by atoms with Crippen LogP contribution in [0.5, 0.6) is 5.75 Å². The predicted octanol–water partition coefficient (Wildman–Crippen LogP) is 4.86. The molecule has 1 aliphatic rings. The van der Waals surface area contributed by atoms with Crippen LogP contribution in [0.15, 0.2) is 30.3 Å². The molecule has 0 saturated carbocycles. The summed E-state index contributed by atoms with van der Waals surface area (Å²) in [6.07, 6.45) is 9.40. The minimum Gasteiger partial charge on any atom is -0.494 e. The summed E-state index contributed by atoms with van der Waals surface area (Å²) in [5, 5.41) is 0.